The molecular weight excluding hydrogens is 345 g/mol. The van der Waals surface area contributed by atoms with E-state index < -0.39 is 36.4 Å². The predicted molar refractivity (Wildman–Crippen MR) is 90.0 cm³/mol. The van der Waals surface area contributed by atoms with Crippen molar-refractivity contribution in [3.63, 3.8) is 0 Å². The Kier molecular flexibility index (Phi) is 4.20. The number of anilines is 1. The highest BCUT2D eigenvalue weighted by molar-refractivity contribution is 5.72. The van der Waals surface area contributed by atoms with E-state index in [0.29, 0.717) is 18.0 Å². The molecule has 1 aliphatic carbocycles. The number of aromatic nitrogens is 4. The molecule has 1 saturated heterocycles. The van der Waals surface area contributed by atoms with E-state index >= 15 is 0 Å². The molecule has 3 heterocycles. The molecule has 1 unspecified atom stereocenters. The number of nitrogens with zero attached hydrogens (tertiary/aromatic N) is 4. The summed E-state index contributed by atoms with van der Waals surface area (Å²) in [6, 6.07) is 0. The Morgan fingerprint density at radius 2 is 2.23 bits per heavy atom. The van der Waals surface area contributed by atoms with Crippen LogP contribution in [0.25, 0.3) is 11.2 Å². The molecule has 0 aromatic carbocycles. The summed E-state index contributed by atoms with van der Waals surface area (Å²) in [4.78, 5) is 21.0. The Hall–Kier alpha value is -2.04. The number of ether oxygens (including phenoxy) is 1. The molecule has 1 saturated carbocycles. The third kappa shape index (κ3) is 2.68. The number of nitrogens with two attached hydrogens (primary N) is 1. The molecule has 10 heteroatoms. The van der Waals surface area contributed by atoms with Gasteiger partial charge in [0.2, 0.25) is 5.95 Å². The first-order chi connectivity index (χ1) is 12.4. The second-order valence-electron chi connectivity index (χ2n) is 7.05. The van der Waals surface area contributed by atoms with E-state index in [9.17, 15) is 19.4 Å². The Morgan fingerprint density at radius 1 is 1.50 bits per heavy atom. The third-order valence-corrected chi connectivity index (χ3v) is 5.14. The minimum Gasteiger partial charge on any atom is -0.390 e. The van der Waals surface area contributed by atoms with Gasteiger partial charge in [-0.2, -0.15) is 4.98 Å². The summed E-state index contributed by atoms with van der Waals surface area (Å²) >= 11 is 0. The number of hydrogen-bond acceptors (Lipinski definition) is 7. The average molecular weight is 367 g/mol. The maximum atomic E-state index is 14.5. The molecule has 2 fully saturated rings. The van der Waals surface area contributed by atoms with Crippen LogP contribution in [0.3, 0.4) is 0 Å². The number of halogens is 1. The highest BCUT2D eigenvalue weighted by Gasteiger charge is 2.49. The average Bonchev–Trinajstić information content (AvgIpc) is 3.35. The Balaban J connectivity index is 1.82. The van der Waals surface area contributed by atoms with Gasteiger partial charge < -0.3 is 20.7 Å². The van der Waals surface area contributed by atoms with Gasteiger partial charge in [-0.05, 0) is 25.2 Å². The molecule has 0 radical (unpaired) electrons. The summed E-state index contributed by atoms with van der Waals surface area (Å²) in [5.41, 5.74) is 5.84. The number of hydrogen-bond donors (Lipinski definition) is 3. The van der Waals surface area contributed by atoms with Crippen LogP contribution in [0.5, 0.6) is 0 Å². The highest BCUT2D eigenvalue weighted by Crippen LogP contribution is 2.35. The number of imidazole rings is 1. The van der Waals surface area contributed by atoms with Gasteiger partial charge in [0.15, 0.2) is 18.0 Å². The van der Waals surface area contributed by atoms with E-state index in [4.69, 9.17) is 10.5 Å². The minimum absolute atomic E-state index is 0.0377. The van der Waals surface area contributed by atoms with Gasteiger partial charge in [0.25, 0.3) is 0 Å². The zero-order valence-corrected chi connectivity index (χ0v) is 14.3. The molecule has 9 nitrogen and oxygen atoms in total. The molecule has 2 aromatic rings. The van der Waals surface area contributed by atoms with Crippen LogP contribution in [0.15, 0.2) is 11.0 Å². The first kappa shape index (κ1) is 17.4. The van der Waals surface area contributed by atoms with Crippen molar-refractivity contribution in [2.45, 2.75) is 63.4 Å². The number of aliphatic hydroxyl groups excluding tert-OH is 2. The molecule has 0 bridgehead atoms. The van der Waals surface area contributed by atoms with Crippen LogP contribution < -0.4 is 11.4 Å². The number of rotatable bonds is 5. The van der Waals surface area contributed by atoms with Crippen LogP contribution in [0, 0.1) is 5.92 Å². The second kappa shape index (κ2) is 6.29. The maximum absolute atomic E-state index is 14.5. The molecule has 4 rings (SSSR count). The third-order valence-electron chi connectivity index (χ3n) is 5.14. The molecule has 142 valence electrons. The van der Waals surface area contributed by atoms with Crippen LogP contribution in [0.2, 0.25) is 0 Å². The van der Waals surface area contributed by atoms with Crippen molar-refractivity contribution >= 4 is 17.1 Å². The fraction of sp³-hybridized carbons (Fsp3) is 0.688. The van der Waals surface area contributed by atoms with Crippen molar-refractivity contribution in [2.75, 3.05) is 5.73 Å². The van der Waals surface area contributed by atoms with E-state index in [0.717, 1.165) is 17.4 Å². The van der Waals surface area contributed by atoms with Crippen molar-refractivity contribution in [2.24, 2.45) is 5.92 Å². The SMILES string of the molecule is CCC(O)[C@H]1O[C@@H](n2c(=O)n(CC3CC3)c3cnc(N)nc32)[C@H](O)[C@H]1F. The summed E-state index contributed by atoms with van der Waals surface area (Å²) < 4.78 is 22.7. The van der Waals surface area contributed by atoms with Crippen molar-refractivity contribution in [1.29, 1.82) is 0 Å². The van der Waals surface area contributed by atoms with Crippen LogP contribution >= 0.6 is 0 Å². The maximum Gasteiger partial charge on any atom is 0.332 e. The summed E-state index contributed by atoms with van der Waals surface area (Å²) in [7, 11) is 0. The Labute approximate surface area is 148 Å². The van der Waals surface area contributed by atoms with Gasteiger partial charge >= 0.3 is 5.69 Å². The summed E-state index contributed by atoms with van der Waals surface area (Å²) in [6.07, 6.45) is -3.22. The first-order valence-electron chi connectivity index (χ1n) is 8.81. The molecule has 26 heavy (non-hydrogen) atoms. The van der Waals surface area contributed by atoms with Gasteiger partial charge in [0, 0.05) is 6.54 Å². The fourth-order valence-corrected chi connectivity index (χ4v) is 3.45. The molecule has 2 aromatic heterocycles. The zero-order chi connectivity index (χ0) is 18.6. The predicted octanol–water partition coefficient (Wildman–Crippen LogP) is -0.0475. The van der Waals surface area contributed by atoms with Gasteiger partial charge in [-0.1, -0.05) is 6.92 Å². The molecule has 5 atom stereocenters. The Morgan fingerprint density at radius 3 is 2.88 bits per heavy atom. The largest absolute Gasteiger partial charge is 0.390 e. The Bertz CT molecular complexity index is 879. The second-order valence-corrected chi connectivity index (χ2v) is 7.05. The van der Waals surface area contributed by atoms with E-state index in [1.165, 1.54) is 10.8 Å². The highest BCUT2D eigenvalue weighted by atomic mass is 19.1. The lowest BCUT2D eigenvalue weighted by Gasteiger charge is -2.18. The van der Waals surface area contributed by atoms with Crippen LogP contribution in [0.4, 0.5) is 10.3 Å². The van der Waals surface area contributed by atoms with Crippen LogP contribution in [-0.4, -0.2) is 53.8 Å². The molecule has 1 aliphatic heterocycles. The minimum atomic E-state index is -1.82. The smallest absolute Gasteiger partial charge is 0.332 e. The standard InChI is InChI=1S/C16H22FN5O4/c1-2-9(23)12-10(17)11(24)14(26-12)22-13-8(5-19-15(18)20-13)21(16(22)25)6-7-3-4-7/h5,7,9-12,14,23-24H,2-4,6H2,1H3,(H2,18,19,20)/t9?,10-,11-,12-,14-/m1/s1. The zero-order valence-electron chi connectivity index (χ0n) is 14.3. The topological polar surface area (TPSA) is 128 Å². The molecule has 0 amide bonds. The lowest BCUT2D eigenvalue weighted by molar-refractivity contribution is -0.0799. The van der Waals surface area contributed by atoms with Gasteiger partial charge in [-0.3, -0.25) is 4.57 Å². The number of nitrogen functional groups attached to an aromatic ring is 1. The summed E-state index contributed by atoms with van der Waals surface area (Å²) in [6.45, 7) is 2.18. The van der Waals surface area contributed by atoms with E-state index in [2.05, 4.69) is 9.97 Å². The van der Waals surface area contributed by atoms with E-state index in [1.54, 1.807) is 6.92 Å². The molecular formula is C16H22FN5O4. The van der Waals surface area contributed by atoms with E-state index in [-0.39, 0.29) is 18.0 Å². The van der Waals surface area contributed by atoms with Crippen molar-refractivity contribution in [1.82, 2.24) is 19.1 Å². The number of alkyl halides is 1. The molecule has 0 spiro atoms. The van der Waals surface area contributed by atoms with Gasteiger partial charge in [0.05, 0.1) is 12.3 Å². The summed E-state index contributed by atoms with van der Waals surface area (Å²) in [5, 5.41) is 20.3. The molecule has 4 N–H and O–H groups in total. The summed E-state index contributed by atoms with van der Waals surface area (Å²) in [5.74, 6) is 0.367. The lowest BCUT2D eigenvalue weighted by Crippen LogP contribution is -2.36. The number of fused-ring (bicyclic) bond motifs is 1. The van der Waals surface area contributed by atoms with Crippen LogP contribution in [0.1, 0.15) is 32.4 Å². The fourth-order valence-electron chi connectivity index (χ4n) is 3.45. The van der Waals surface area contributed by atoms with Crippen LogP contribution in [-0.2, 0) is 11.3 Å². The monoisotopic (exact) mass is 367 g/mol. The van der Waals surface area contributed by atoms with Crippen molar-refractivity contribution < 1.29 is 19.3 Å². The lowest BCUT2D eigenvalue weighted by atomic mass is 10.1. The molecule has 2 aliphatic rings. The quantitative estimate of drug-likeness (QED) is 0.676. The van der Waals surface area contributed by atoms with Gasteiger partial charge in [-0.25, -0.2) is 18.7 Å². The first-order valence-corrected chi connectivity index (χ1v) is 8.81. The van der Waals surface area contributed by atoms with Crippen molar-refractivity contribution in [3.05, 3.63) is 16.7 Å². The van der Waals surface area contributed by atoms with Gasteiger partial charge in [0.1, 0.15) is 17.7 Å². The van der Waals surface area contributed by atoms with Crippen molar-refractivity contribution in [3.8, 4) is 0 Å². The van der Waals surface area contributed by atoms with E-state index in [1.807, 2.05) is 0 Å². The van der Waals surface area contributed by atoms with Gasteiger partial charge in [-0.15, -0.1) is 0 Å². The normalized spacial score (nSPS) is 30.2. The number of aliphatic hydroxyl groups is 2.